The van der Waals surface area contributed by atoms with Gasteiger partial charge in [-0.3, -0.25) is 4.79 Å². The van der Waals surface area contributed by atoms with Gasteiger partial charge in [0, 0.05) is 16.5 Å². The van der Waals surface area contributed by atoms with Gasteiger partial charge in [0.2, 0.25) is 0 Å². The molecule has 6 heteroatoms. The number of esters is 1. The van der Waals surface area contributed by atoms with Crippen LogP contribution < -0.4 is 0 Å². The van der Waals surface area contributed by atoms with E-state index in [9.17, 15) is 14.0 Å². The van der Waals surface area contributed by atoms with Gasteiger partial charge in [-0.2, -0.15) is 0 Å². The van der Waals surface area contributed by atoms with Gasteiger partial charge in [0.15, 0.2) is 18.1 Å². The molecule has 0 saturated heterocycles. The van der Waals surface area contributed by atoms with Crippen LogP contribution in [0.2, 0.25) is 0 Å². The van der Waals surface area contributed by atoms with E-state index in [2.05, 4.69) is 4.98 Å². The number of halogens is 1. The number of nitrogens with zero attached hydrogens (tertiary/aromatic N) is 1. The molecule has 0 saturated carbocycles. The van der Waals surface area contributed by atoms with Crippen LogP contribution in [-0.4, -0.2) is 23.3 Å². The number of rotatable bonds is 5. The number of ether oxygens (including phenoxy) is 1. The molecule has 3 aromatic rings. The SMILES string of the molecule is O=C(COC(=O)c1csc(-c2ccccc2)n1)c1cccc(F)c1. The number of hydrogen-bond acceptors (Lipinski definition) is 5. The third-order valence-electron chi connectivity index (χ3n) is 3.22. The second-order valence-corrected chi connectivity index (χ2v) is 5.77. The van der Waals surface area contributed by atoms with Crippen molar-refractivity contribution in [2.75, 3.05) is 6.61 Å². The van der Waals surface area contributed by atoms with Crippen LogP contribution in [0.4, 0.5) is 4.39 Å². The maximum atomic E-state index is 13.1. The largest absolute Gasteiger partial charge is 0.453 e. The van der Waals surface area contributed by atoms with Crippen LogP contribution in [0.5, 0.6) is 0 Å². The van der Waals surface area contributed by atoms with Gasteiger partial charge < -0.3 is 4.74 Å². The topological polar surface area (TPSA) is 56.3 Å². The molecule has 1 aromatic heterocycles. The summed E-state index contributed by atoms with van der Waals surface area (Å²) in [4.78, 5) is 28.1. The van der Waals surface area contributed by atoms with E-state index in [1.165, 1.54) is 29.5 Å². The summed E-state index contributed by atoms with van der Waals surface area (Å²) in [6.45, 7) is -0.458. The van der Waals surface area contributed by atoms with Crippen molar-refractivity contribution in [3.8, 4) is 10.6 Å². The summed E-state index contributed by atoms with van der Waals surface area (Å²) in [5.74, 6) is -1.67. The summed E-state index contributed by atoms with van der Waals surface area (Å²) < 4.78 is 18.1. The Labute approximate surface area is 141 Å². The fourth-order valence-electron chi connectivity index (χ4n) is 2.03. The maximum Gasteiger partial charge on any atom is 0.358 e. The minimum absolute atomic E-state index is 0.144. The molecule has 0 N–H and O–H groups in total. The summed E-state index contributed by atoms with van der Waals surface area (Å²) in [5.41, 5.74) is 1.20. The summed E-state index contributed by atoms with van der Waals surface area (Å²) in [7, 11) is 0. The van der Waals surface area contributed by atoms with Crippen LogP contribution in [-0.2, 0) is 4.74 Å². The van der Waals surface area contributed by atoms with Gasteiger partial charge >= 0.3 is 5.97 Å². The van der Waals surface area contributed by atoms with Gasteiger partial charge in [-0.25, -0.2) is 14.2 Å². The molecular formula is C18H12FNO3S. The molecule has 120 valence electrons. The average molecular weight is 341 g/mol. The molecular weight excluding hydrogens is 329 g/mol. The number of Topliss-reactive ketones (excluding diaryl/α,β-unsaturated/α-hetero) is 1. The van der Waals surface area contributed by atoms with Crippen molar-refractivity contribution in [2.45, 2.75) is 0 Å². The fourth-order valence-corrected chi connectivity index (χ4v) is 2.83. The Kier molecular flexibility index (Phi) is 4.77. The first-order chi connectivity index (χ1) is 11.6. The van der Waals surface area contributed by atoms with E-state index in [-0.39, 0.29) is 11.3 Å². The van der Waals surface area contributed by atoms with E-state index in [1.807, 2.05) is 30.3 Å². The Hall–Kier alpha value is -2.86. The lowest BCUT2D eigenvalue weighted by Crippen LogP contribution is -2.14. The van der Waals surface area contributed by atoms with Crippen molar-refractivity contribution < 1.29 is 18.7 Å². The molecule has 0 unspecified atom stereocenters. The lowest BCUT2D eigenvalue weighted by molar-refractivity contribution is 0.0470. The molecule has 24 heavy (non-hydrogen) atoms. The smallest absolute Gasteiger partial charge is 0.358 e. The first-order valence-corrected chi connectivity index (χ1v) is 7.98. The molecule has 0 radical (unpaired) electrons. The first-order valence-electron chi connectivity index (χ1n) is 7.10. The molecule has 2 aromatic carbocycles. The van der Waals surface area contributed by atoms with E-state index in [0.29, 0.717) is 5.01 Å². The number of aromatic nitrogens is 1. The number of thiazole rings is 1. The molecule has 0 aliphatic heterocycles. The molecule has 0 amide bonds. The van der Waals surface area contributed by atoms with E-state index >= 15 is 0 Å². The van der Waals surface area contributed by atoms with Gasteiger partial charge in [-0.1, -0.05) is 42.5 Å². The van der Waals surface area contributed by atoms with E-state index in [1.54, 1.807) is 5.38 Å². The molecule has 3 rings (SSSR count). The standard InChI is InChI=1S/C18H12FNO3S/c19-14-8-4-7-13(9-14)16(21)10-23-18(22)15-11-24-17(20-15)12-5-2-1-3-6-12/h1-9,11H,10H2. The number of carbonyl (C=O) groups excluding carboxylic acids is 2. The third-order valence-corrected chi connectivity index (χ3v) is 4.11. The quantitative estimate of drug-likeness (QED) is 0.520. The van der Waals surface area contributed by atoms with E-state index in [4.69, 9.17) is 4.74 Å². The zero-order chi connectivity index (χ0) is 16.9. The Morgan fingerprint density at radius 2 is 1.88 bits per heavy atom. The van der Waals surface area contributed by atoms with Gasteiger partial charge in [0.1, 0.15) is 10.8 Å². The van der Waals surface area contributed by atoms with Gasteiger partial charge in [-0.15, -0.1) is 11.3 Å². The van der Waals surface area contributed by atoms with Crippen molar-refractivity contribution in [2.24, 2.45) is 0 Å². The first kappa shape index (κ1) is 16.0. The van der Waals surface area contributed by atoms with Crippen molar-refractivity contribution in [3.05, 3.63) is 77.1 Å². The molecule has 1 heterocycles. The highest BCUT2D eigenvalue weighted by Gasteiger charge is 2.15. The predicted molar refractivity (Wildman–Crippen MR) is 88.6 cm³/mol. The van der Waals surface area contributed by atoms with Crippen molar-refractivity contribution in [1.82, 2.24) is 4.98 Å². The number of carbonyl (C=O) groups is 2. The van der Waals surface area contributed by atoms with Crippen LogP contribution in [0.1, 0.15) is 20.8 Å². The predicted octanol–water partition coefficient (Wildman–Crippen LogP) is 3.99. The summed E-state index contributed by atoms with van der Waals surface area (Å²) in [6, 6.07) is 14.7. The van der Waals surface area contributed by atoms with Crippen molar-refractivity contribution in [1.29, 1.82) is 0 Å². The Bertz CT molecular complexity index is 877. The van der Waals surface area contributed by atoms with Gasteiger partial charge in [0.25, 0.3) is 0 Å². The number of hydrogen-bond donors (Lipinski definition) is 0. The monoisotopic (exact) mass is 341 g/mol. The minimum Gasteiger partial charge on any atom is -0.453 e. The highest BCUT2D eigenvalue weighted by Crippen LogP contribution is 2.23. The highest BCUT2D eigenvalue weighted by atomic mass is 32.1. The molecule has 0 aliphatic carbocycles. The van der Waals surface area contributed by atoms with Crippen LogP contribution in [0.15, 0.2) is 60.0 Å². The minimum atomic E-state index is -0.682. The zero-order valence-electron chi connectivity index (χ0n) is 12.4. The molecule has 0 fully saturated rings. The van der Waals surface area contributed by atoms with Gasteiger partial charge in [-0.05, 0) is 12.1 Å². The zero-order valence-corrected chi connectivity index (χ0v) is 13.3. The lowest BCUT2D eigenvalue weighted by atomic mass is 10.1. The Morgan fingerprint density at radius 1 is 1.08 bits per heavy atom. The molecule has 0 atom stereocenters. The van der Waals surface area contributed by atoms with Crippen LogP contribution >= 0.6 is 11.3 Å². The maximum absolute atomic E-state index is 13.1. The summed E-state index contributed by atoms with van der Waals surface area (Å²) in [5, 5.41) is 2.27. The van der Waals surface area contributed by atoms with Crippen LogP contribution in [0.25, 0.3) is 10.6 Å². The normalized spacial score (nSPS) is 10.4. The van der Waals surface area contributed by atoms with E-state index in [0.717, 1.165) is 11.6 Å². The highest BCUT2D eigenvalue weighted by molar-refractivity contribution is 7.13. The third kappa shape index (κ3) is 3.72. The van der Waals surface area contributed by atoms with E-state index < -0.39 is 24.2 Å². The molecule has 0 aliphatic rings. The number of ketones is 1. The Morgan fingerprint density at radius 3 is 2.62 bits per heavy atom. The van der Waals surface area contributed by atoms with Crippen LogP contribution in [0.3, 0.4) is 0 Å². The Balaban J connectivity index is 1.63. The van der Waals surface area contributed by atoms with Crippen LogP contribution in [0, 0.1) is 5.82 Å². The molecule has 0 spiro atoms. The van der Waals surface area contributed by atoms with Crippen molar-refractivity contribution in [3.63, 3.8) is 0 Å². The number of benzene rings is 2. The summed E-state index contributed by atoms with van der Waals surface area (Å²) >= 11 is 1.32. The second-order valence-electron chi connectivity index (χ2n) is 4.91. The molecule has 4 nitrogen and oxygen atoms in total. The summed E-state index contributed by atoms with van der Waals surface area (Å²) in [6.07, 6.45) is 0. The lowest BCUT2D eigenvalue weighted by Gasteiger charge is -2.02. The average Bonchev–Trinajstić information content (AvgIpc) is 3.10. The second kappa shape index (κ2) is 7.14. The van der Waals surface area contributed by atoms with Crippen molar-refractivity contribution >= 4 is 23.1 Å². The fraction of sp³-hybridized carbons (Fsp3) is 0.0556. The van der Waals surface area contributed by atoms with Gasteiger partial charge in [0.05, 0.1) is 0 Å². The molecule has 0 bridgehead atoms.